The lowest BCUT2D eigenvalue weighted by Crippen LogP contribution is -2.41. The number of aromatic amines is 1. The molecular formula is C20H31N2O8P. The van der Waals surface area contributed by atoms with E-state index in [-0.39, 0.29) is 19.3 Å². The van der Waals surface area contributed by atoms with Gasteiger partial charge in [-0.2, -0.15) is 0 Å². The van der Waals surface area contributed by atoms with Gasteiger partial charge in [0, 0.05) is 12.3 Å². The van der Waals surface area contributed by atoms with Crippen LogP contribution < -0.4 is 11.2 Å². The maximum Gasteiger partial charge on any atom is 0.331 e. The molecule has 0 bridgehead atoms. The maximum atomic E-state index is 12.8. The van der Waals surface area contributed by atoms with Gasteiger partial charge in [-0.1, -0.05) is 26.7 Å². The van der Waals surface area contributed by atoms with E-state index in [0.29, 0.717) is 6.42 Å². The lowest BCUT2D eigenvalue weighted by Gasteiger charge is -2.28. The molecule has 2 heterocycles. The topological polar surface area (TPSA) is 129 Å². The lowest BCUT2D eigenvalue weighted by molar-refractivity contribution is -0.0838. The minimum absolute atomic E-state index is 0.0463. The van der Waals surface area contributed by atoms with Crippen molar-refractivity contribution in [2.45, 2.75) is 76.8 Å². The number of terminal acetylenes is 1. The fourth-order valence-electron chi connectivity index (χ4n) is 3.03. The summed E-state index contributed by atoms with van der Waals surface area (Å²) in [4.78, 5) is 36.5. The van der Waals surface area contributed by atoms with Gasteiger partial charge in [-0.15, -0.1) is 6.42 Å². The molecule has 0 saturated carbocycles. The van der Waals surface area contributed by atoms with Gasteiger partial charge >= 0.3 is 13.3 Å². The minimum Gasteiger partial charge on any atom is -0.376 e. The summed E-state index contributed by atoms with van der Waals surface area (Å²) in [5, 5.41) is 0. The predicted octanol–water partition coefficient (Wildman–Crippen LogP) is 1.64. The van der Waals surface area contributed by atoms with E-state index in [2.05, 4.69) is 10.9 Å². The second-order valence-corrected chi connectivity index (χ2v) is 9.73. The van der Waals surface area contributed by atoms with Crippen molar-refractivity contribution in [2.24, 2.45) is 0 Å². The Hall–Kier alpha value is -1.73. The van der Waals surface area contributed by atoms with Gasteiger partial charge in [-0.25, -0.2) is 4.79 Å². The number of H-pyrrole nitrogens is 1. The third-order valence-electron chi connectivity index (χ3n) is 5.31. The van der Waals surface area contributed by atoms with Gasteiger partial charge in [0.15, 0.2) is 6.23 Å². The van der Waals surface area contributed by atoms with Gasteiger partial charge in [0.1, 0.15) is 24.9 Å². The molecule has 31 heavy (non-hydrogen) atoms. The Morgan fingerprint density at radius 1 is 1.32 bits per heavy atom. The van der Waals surface area contributed by atoms with Crippen LogP contribution in [0.25, 0.3) is 0 Å². The van der Waals surface area contributed by atoms with Gasteiger partial charge in [-0.05, 0) is 19.8 Å². The number of ether oxygens (including phenoxy) is 3. The fourth-order valence-corrected chi connectivity index (χ4v) is 4.30. The largest absolute Gasteiger partial charge is 0.376 e. The van der Waals surface area contributed by atoms with Gasteiger partial charge < -0.3 is 19.1 Å². The highest BCUT2D eigenvalue weighted by Crippen LogP contribution is 2.52. The molecule has 1 aromatic heterocycles. The van der Waals surface area contributed by atoms with E-state index in [0.717, 1.165) is 17.1 Å². The summed E-state index contributed by atoms with van der Waals surface area (Å²) in [6, 6.07) is 1.16. The third-order valence-corrected chi connectivity index (χ3v) is 7.34. The molecule has 2 N–H and O–H groups in total. The number of nitrogens with zero attached hydrogens (tertiary/aromatic N) is 1. The average Bonchev–Trinajstić information content (AvgIpc) is 3.05. The first kappa shape index (κ1) is 25.5. The number of nitrogens with one attached hydrogen (secondary N) is 1. The van der Waals surface area contributed by atoms with Crippen LogP contribution in [0.5, 0.6) is 0 Å². The zero-order valence-electron chi connectivity index (χ0n) is 18.2. The van der Waals surface area contributed by atoms with Crippen molar-refractivity contribution >= 4 is 7.60 Å². The Kier molecular flexibility index (Phi) is 9.25. The Morgan fingerprint density at radius 2 is 2.03 bits per heavy atom. The molecule has 1 aliphatic heterocycles. The van der Waals surface area contributed by atoms with Gasteiger partial charge in [0.25, 0.3) is 5.56 Å². The number of hydrogen-bond acceptors (Lipinski definition) is 7. The van der Waals surface area contributed by atoms with Crippen molar-refractivity contribution in [3.8, 4) is 12.3 Å². The molecule has 10 nitrogen and oxygen atoms in total. The van der Waals surface area contributed by atoms with Gasteiger partial charge in [-0.3, -0.25) is 23.4 Å². The molecule has 1 aliphatic rings. The zero-order valence-corrected chi connectivity index (χ0v) is 19.1. The van der Waals surface area contributed by atoms with Crippen LogP contribution in [-0.2, 0) is 23.3 Å². The predicted molar refractivity (Wildman–Crippen MR) is 114 cm³/mol. The first-order valence-electron chi connectivity index (χ1n) is 10.3. The Balaban J connectivity index is 2.44. The molecular weight excluding hydrogens is 427 g/mol. The molecule has 2 rings (SSSR count). The van der Waals surface area contributed by atoms with Gasteiger partial charge in [0.2, 0.25) is 0 Å². The minimum atomic E-state index is -4.04. The van der Waals surface area contributed by atoms with Crippen LogP contribution in [0, 0.1) is 12.3 Å². The van der Waals surface area contributed by atoms with Crippen molar-refractivity contribution in [3.63, 3.8) is 0 Å². The lowest BCUT2D eigenvalue weighted by atomic mass is 10.1. The van der Waals surface area contributed by atoms with Crippen LogP contribution in [0.3, 0.4) is 0 Å². The van der Waals surface area contributed by atoms with Gasteiger partial charge in [0.05, 0.1) is 18.4 Å². The standard InChI is InChI=1S/C20H31N2O8P/c1-6-11-27-18-17(30-31(25,26)14(5)8-3)15(12-28-13(4)7-2)29-19(18)22-10-9-16(23)21-20(22)24/h1,9-10,13-15,17-19H,7-8,11-12H2,2-5H3,(H,25,26)(H,21,23,24). The Labute approximate surface area is 181 Å². The summed E-state index contributed by atoms with van der Waals surface area (Å²) in [5.41, 5.74) is -1.91. The monoisotopic (exact) mass is 458 g/mol. The third kappa shape index (κ3) is 6.39. The number of hydrogen-bond donors (Lipinski definition) is 2. The van der Waals surface area contributed by atoms with E-state index in [1.807, 2.05) is 13.8 Å². The molecule has 0 aromatic carbocycles. The second kappa shape index (κ2) is 11.2. The van der Waals surface area contributed by atoms with Crippen molar-refractivity contribution in [1.29, 1.82) is 0 Å². The Bertz CT molecular complexity index is 923. The molecule has 11 heteroatoms. The highest BCUT2D eigenvalue weighted by Gasteiger charge is 2.51. The summed E-state index contributed by atoms with van der Waals surface area (Å²) in [6.45, 7) is 7.14. The summed E-state index contributed by atoms with van der Waals surface area (Å²) in [7, 11) is -4.04. The highest BCUT2D eigenvalue weighted by atomic mass is 31.2. The molecule has 0 spiro atoms. The molecule has 0 amide bonds. The van der Waals surface area contributed by atoms with E-state index in [9.17, 15) is 19.0 Å². The van der Waals surface area contributed by atoms with E-state index >= 15 is 0 Å². The first-order chi connectivity index (χ1) is 14.6. The molecule has 1 fully saturated rings. The molecule has 7 unspecified atom stereocenters. The maximum absolute atomic E-state index is 12.8. The molecule has 1 saturated heterocycles. The van der Waals surface area contributed by atoms with Crippen LogP contribution >= 0.6 is 7.60 Å². The molecule has 7 atom stereocenters. The van der Waals surface area contributed by atoms with Crippen molar-refractivity contribution in [3.05, 3.63) is 33.1 Å². The van der Waals surface area contributed by atoms with Crippen LogP contribution in [0.2, 0.25) is 0 Å². The van der Waals surface area contributed by atoms with E-state index < -0.39 is 49.0 Å². The second-order valence-electron chi connectivity index (χ2n) is 7.51. The summed E-state index contributed by atoms with van der Waals surface area (Å²) < 4.78 is 37.2. The SMILES string of the molecule is C#CCOC1C(OP(=O)(O)C(C)CC)C(COC(C)CC)OC1n1ccc(=O)[nH]c1=O. The molecule has 0 aliphatic carbocycles. The average molecular weight is 458 g/mol. The van der Waals surface area contributed by atoms with Crippen LogP contribution in [0.4, 0.5) is 0 Å². The van der Waals surface area contributed by atoms with Crippen molar-refractivity contribution in [1.82, 2.24) is 9.55 Å². The zero-order chi connectivity index (χ0) is 23.2. The smallest absolute Gasteiger partial charge is 0.331 e. The van der Waals surface area contributed by atoms with Crippen molar-refractivity contribution in [2.75, 3.05) is 13.2 Å². The Morgan fingerprint density at radius 3 is 2.61 bits per heavy atom. The van der Waals surface area contributed by atoms with Crippen LogP contribution in [-0.4, -0.2) is 57.7 Å². The van der Waals surface area contributed by atoms with Crippen molar-refractivity contribution < 1.29 is 28.2 Å². The van der Waals surface area contributed by atoms with E-state index in [4.69, 9.17) is 25.2 Å². The normalized spacial score (nSPS) is 27.4. The van der Waals surface area contributed by atoms with Crippen LogP contribution in [0.1, 0.15) is 46.8 Å². The number of aromatic nitrogens is 2. The highest BCUT2D eigenvalue weighted by molar-refractivity contribution is 7.53. The molecule has 1 aromatic rings. The van der Waals surface area contributed by atoms with Crippen LogP contribution in [0.15, 0.2) is 21.9 Å². The first-order valence-corrected chi connectivity index (χ1v) is 11.9. The number of rotatable bonds is 11. The molecule has 0 radical (unpaired) electrons. The quantitative estimate of drug-likeness (QED) is 0.378. The van der Waals surface area contributed by atoms with E-state index in [1.165, 1.54) is 6.20 Å². The van der Waals surface area contributed by atoms with E-state index in [1.54, 1.807) is 13.8 Å². The summed E-state index contributed by atoms with van der Waals surface area (Å²) in [6.07, 6.45) is 3.80. The molecule has 174 valence electrons. The summed E-state index contributed by atoms with van der Waals surface area (Å²) in [5.74, 6) is 2.34. The fraction of sp³-hybridized carbons (Fsp3) is 0.700. The summed E-state index contributed by atoms with van der Waals surface area (Å²) >= 11 is 0.